The molecule has 296 valence electrons. The van der Waals surface area contributed by atoms with Gasteiger partial charge in [-0.05, 0) is 91.8 Å². The molecule has 3 aromatic heterocycles. The number of halogens is 1. The van der Waals surface area contributed by atoms with Gasteiger partial charge in [0.2, 0.25) is 11.8 Å². The summed E-state index contributed by atoms with van der Waals surface area (Å²) in [7, 11) is 0. The molecule has 2 aromatic carbocycles. The molecule has 2 unspecified atom stereocenters. The topological polar surface area (TPSA) is 140 Å². The van der Waals surface area contributed by atoms with E-state index in [1.54, 1.807) is 24.3 Å². The van der Waals surface area contributed by atoms with Gasteiger partial charge in [-0.25, -0.2) is 18.9 Å². The monoisotopic (exact) mass is 782 g/mol. The van der Waals surface area contributed by atoms with Crippen LogP contribution in [0, 0.1) is 11.7 Å². The van der Waals surface area contributed by atoms with Crippen molar-refractivity contribution in [1.29, 1.82) is 0 Å². The van der Waals surface area contributed by atoms with Gasteiger partial charge in [0.25, 0.3) is 11.8 Å². The summed E-state index contributed by atoms with van der Waals surface area (Å²) >= 11 is 0. The van der Waals surface area contributed by atoms with E-state index in [9.17, 15) is 23.6 Å². The van der Waals surface area contributed by atoms with E-state index < -0.39 is 29.7 Å². The van der Waals surface area contributed by atoms with E-state index in [1.807, 2.05) is 47.1 Å². The van der Waals surface area contributed by atoms with Crippen molar-refractivity contribution in [2.75, 3.05) is 67.1 Å². The van der Waals surface area contributed by atoms with Crippen LogP contribution in [0.25, 0.3) is 17.0 Å². The van der Waals surface area contributed by atoms with Crippen LogP contribution in [0.4, 0.5) is 21.7 Å². The van der Waals surface area contributed by atoms with Gasteiger partial charge >= 0.3 is 0 Å². The molecule has 0 aliphatic carbocycles. The number of nitrogens with one attached hydrogen (secondary N) is 1. The quantitative estimate of drug-likeness (QED) is 0.225. The van der Waals surface area contributed by atoms with Gasteiger partial charge < -0.3 is 14.7 Å². The van der Waals surface area contributed by atoms with Crippen molar-refractivity contribution in [3.63, 3.8) is 0 Å². The van der Waals surface area contributed by atoms with Crippen LogP contribution in [0.5, 0.6) is 0 Å². The number of carbonyl (C=O) groups is 4. The number of anilines is 3. The Morgan fingerprint density at radius 3 is 2.45 bits per heavy atom. The lowest BCUT2D eigenvalue weighted by atomic mass is 10.0. The lowest BCUT2D eigenvalue weighted by molar-refractivity contribution is -0.136. The summed E-state index contributed by atoms with van der Waals surface area (Å²) in [4.78, 5) is 70.8. The Bertz CT molecular complexity index is 2460. The number of imidazole rings is 1. The Morgan fingerprint density at radius 2 is 1.60 bits per heavy atom. The summed E-state index contributed by atoms with van der Waals surface area (Å²) in [5.74, 6) is 0.00622. The first-order valence-corrected chi connectivity index (χ1v) is 20.2. The third-order valence-electron chi connectivity index (χ3n) is 12.4. The van der Waals surface area contributed by atoms with Gasteiger partial charge in [-0.15, -0.1) is 5.10 Å². The summed E-state index contributed by atoms with van der Waals surface area (Å²) in [6.07, 6.45) is 5.02. The molecular formula is C43H43FN10O4. The van der Waals surface area contributed by atoms with Crippen molar-refractivity contribution in [2.45, 2.75) is 44.2 Å². The minimum atomic E-state index is -0.975. The maximum absolute atomic E-state index is 14.1. The molecule has 15 heteroatoms. The van der Waals surface area contributed by atoms with Crippen LogP contribution in [0.15, 0.2) is 79.0 Å². The Hall–Kier alpha value is -6.22. The number of pyridine rings is 1. The first kappa shape index (κ1) is 36.1. The van der Waals surface area contributed by atoms with Crippen molar-refractivity contribution in [3.05, 3.63) is 102 Å². The van der Waals surface area contributed by atoms with Gasteiger partial charge in [-0.1, -0.05) is 18.2 Å². The van der Waals surface area contributed by atoms with Gasteiger partial charge in [0.15, 0.2) is 5.65 Å². The number of aromatic nitrogens is 4. The van der Waals surface area contributed by atoms with Gasteiger partial charge in [0, 0.05) is 64.5 Å². The molecule has 14 nitrogen and oxygen atoms in total. The number of carbonyl (C=O) groups excluding carboxylic acids is 4. The number of hydrogen-bond donors (Lipinski definition) is 1. The maximum Gasteiger partial charge on any atom is 0.262 e. The van der Waals surface area contributed by atoms with E-state index in [4.69, 9.17) is 10.1 Å². The summed E-state index contributed by atoms with van der Waals surface area (Å²) in [6.45, 7) is 7.04. The number of imide groups is 2. The molecule has 58 heavy (non-hydrogen) atoms. The highest BCUT2D eigenvalue weighted by molar-refractivity contribution is 6.23. The molecule has 4 amide bonds. The average molecular weight is 783 g/mol. The Balaban J connectivity index is 0.766. The van der Waals surface area contributed by atoms with Crippen molar-refractivity contribution < 1.29 is 23.6 Å². The summed E-state index contributed by atoms with van der Waals surface area (Å²) in [5.41, 5.74) is 4.81. The Labute approximate surface area is 334 Å². The van der Waals surface area contributed by atoms with Crippen LogP contribution in [0.2, 0.25) is 0 Å². The van der Waals surface area contributed by atoms with E-state index in [2.05, 4.69) is 36.0 Å². The molecule has 4 fully saturated rings. The van der Waals surface area contributed by atoms with Crippen LogP contribution >= 0.6 is 0 Å². The first-order chi connectivity index (χ1) is 28.3. The van der Waals surface area contributed by atoms with Gasteiger partial charge in [0.1, 0.15) is 29.2 Å². The van der Waals surface area contributed by atoms with Gasteiger partial charge in [0.05, 0.1) is 29.1 Å². The van der Waals surface area contributed by atoms with Crippen molar-refractivity contribution in [3.8, 4) is 11.4 Å². The fourth-order valence-electron chi connectivity index (χ4n) is 9.43. The fourth-order valence-corrected chi connectivity index (χ4v) is 9.43. The zero-order valence-corrected chi connectivity index (χ0v) is 32.0. The summed E-state index contributed by atoms with van der Waals surface area (Å²) in [6, 6.07) is 21.4. The molecule has 0 radical (unpaired) electrons. The predicted octanol–water partition coefficient (Wildman–Crippen LogP) is 4.32. The van der Waals surface area contributed by atoms with Gasteiger partial charge in [-0.2, -0.15) is 0 Å². The van der Waals surface area contributed by atoms with Crippen molar-refractivity contribution in [1.82, 2.24) is 34.7 Å². The summed E-state index contributed by atoms with van der Waals surface area (Å²) in [5, 5.41) is 7.28. The maximum atomic E-state index is 14.1. The smallest absolute Gasteiger partial charge is 0.262 e. The normalized spacial score (nSPS) is 22.7. The van der Waals surface area contributed by atoms with Crippen LogP contribution in [0.3, 0.4) is 0 Å². The molecule has 5 aliphatic heterocycles. The number of fused-ring (bicyclic) bond motifs is 2. The number of nitrogens with zero attached hydrogens (tertiary/aromatic N) is 9. The van der Waals surface area contributed by atoms with E-state index in [0.717, 1.165) is 116 Å². The standard InChI is InChI=1S/C43H43FN10O4/c44-29-5-1-4-28(22-29)34-7-3-16-52(34)39-13-12-37-45-24-36(54(37)48-39)33-6-2-8-38(46-33)50-20-18-49(19-21-50)25-27-15-17-51(26-27)30-9-10-31-32(23-30)43(58)53(42(31)57)35-11-14-40(55)47-41(35)56/h1-2,4-6,8-10,12-13,22-24,27,34-35H,3,7,11,14-21,25-26H2,(H,47,55,56)/t27?,34-,35?/m1/s1. The molecule has 4 saturated heterocycles. The highest BCUT2D eigenvalue weighted by Crippen LogP contribution is 2.36. The van der Waals surface area contributed by atoms with E-state index >= 15 is 0 Å². The molecule has 0 bridgehead atoms. The Kier molecular flexibility index (Phi) is 9.11. The van der Waals surface area contributed by atoms with Crippen LogP contribution in [-0.2, 0) is 9.59 Å². The molecule has 5 aliphatic rings. The minimum absolute atomic E-state index is 0.0618. The number of benzene rings is 2. The highest BCUT2D eigenvalue weighted by atomic mass is 19.1. The number of rotatable bonds is 8. The molecule has 3 atom stereocenters. The van der Waals surface area contributed by atoms with Crippen LogP contribution in [-0.4, -0.2) is 111 Å². The zero-order valence-electron chi connectivity index (χ0n) is 32.0. The molecular weight excluding hydrogens is 740 g/mol. The third-order valence-corrected chi connectivity index (χ3v) is 12.4. The van der Waals surface area contributed by atoms with E-state index in [0.29, 0.717) is 17.0 Å². The fraction of sp³-hybridized carbons (Fsp3) is 0.372. The predicted molar refractivity (Wildman–Crippen MR) is 214 cm³/mol. The zero-order chi connectivity index (χ0) is 39.5. The molecule has 5 aromatic rings. The van der Waals surface area contributed by atoms with E-state index in [1.165, 1.54) is 6.07 Å². The molecule has 10 rings (SSSR count). The molecule has 1 N–H and O–H groups in total. The second-order valence-electron chi connectivity index (χ2n) is 16.0. The van der Waals surface area contributed by atoms with Crippen LogP contribution in [0.1, 0.15) is 64.4 Å². The highest BCUT2D eigenvalue weighted by Gasteiger charge is 2.45. The summed E-state index contributed by atoms with van der Waals surface area (Å²) < 4.78 is 16.0. The SMILES string of the molecule is O=C1CCC(N2C(=O)c3ccc(N4CCC(CN5CCN(c6cccc(-c7cnc8ccc(N9CCC[C@@H]9c9cccc(F)c9)nn78)n6)CC5)C4)cc3C2=O)C(=O)N1. The second kappa shape index (κ2) is 14.6. The largest absolute Gasteiger partial charge is 0.371 e. The van der Waals surface area contributed by atoms with Crippen molar-refractivity contribution in [2.24, 2.45) is 5.92 Å². The van der Waals surface area contributed by atoms with E-state index in [-0.39, 0.29) is 24.7 Å². The first-order valence-electron chi connectivity index (χ1n) is 20.2. The lowest BCUT2D eigenvalue weighted by Gasteiger charge is -2.36. The number of piperazine rings is 1. The molecule has 0 saturated carbocycles. The minimum Gasteiger partial charge on any atom is -0.371 e. The van der Waals surface area contributed by atoms with Crippen molar-refractivity contribution >= 4 is 46.6 Å². The Morgan fingerprint density at radius 1 is 0.759 bits per heavy atom. The number of piperidine rings is 1. The van der Waals surface area contributed by atoms with Crippen LogP contribution < -0.4 is 20.0 Å². The number of amides is 4. The molecule has 8 heterocycles. The third kappa shape index (κ3) is 6.52. The average Bonchev–Trinajstić information content (AvgIpc) is 4.05. The van der Waals surface area contributed by atoms with Gasteiger partial charge in [-0.3, -0.25) is 34.3 Å². The lowest BCUT2D eigenvalue weighted by Crippen LogP contribution is -2.54. The molecule has 0 spiro atoms. The number of hydrogen-bond acceptors (Lipinski definition) is 11. The second-order valence-corrected chi connectivity index (χ2v) is 16.0.